The number of carbonyl (C=O) groups is 1. The van der Waals surface area contributed by atoms with Crippen LogP contribution in [0.1, 0.15) is 37.5 Å². The number of hydrogen-bond acceptors (Lipinski definition) is 3. The fourth-order valence-electron chi connectivity index (χ4n) is 2.41. The smallest absolute Gasteiger partial charge is 0.258 e. The van der Waals surface area contributed by atoms with Crippen molar-refractivity contribution in [3.05, 3.63) is 59.2 Å². The highest BCUT2D eigenvalue weighted by atomic mass is 16.5. The molecule has 0 fully saturated rings. The highest BCUT2D eigenvalue weighted by molar-refractivity contribution is 5.77. The molecule has 0 heterocycles. The van der Waals surface area contributed by atoms with Crippen LogP contribution in [0.3, 0.4) is 0 Å². The number of aryl methyl sites for hydroxylation is 2. The first-order valence-corrected chi connectivity index (χ1v) is 8.96. The van der Waals surface area contributed by atoms with E-state index in [1.165, 1.54) is 11.1 Å². The summed E-state index contributed by atoms with van der Waals surface area (Å²) in [5, 5.41) is 2.80. The lowest BCUT2D eigenvalue weighted by Gasteiger charge is -2.19. The molecule has 140 valence electrons. The van der Waals surface area contributed by atoms with Gasteiger partial charge in [-0.25, -0.2) is 0 Å². The van der Waals surface area contributed by atoms with Crippen molar-refractivity contribution in [2.24, 2.45) is 0 Å². The van der Waals surface area contributed by atoms with Gasteiger partial charge in [0.25, 0.3) is 5.91 Å². The first kappa shape index (κ1) is 19.8. The van der Waals surface area contributed by atoms with E-state index in [4.69, 9.17) is 9.47 Å². The van der Waals surface area contributed by atoms with E-state index < -0.39 is 0 Å². The highest BCUT2D eigenvalue weighted by Gasteiger charge is 2.12. The number of amides is 1. The van der Waals surface area contributed by atoms with Gasteiger partial charge in [-0.3, -0.25) is 4.79 Å². The molecule has 0 aliphatic carbocycles. The third-order valence-electron chi connectivity index (χ3n) is 4.26. The normalized spacial score (nSPS) is 11.1. The fraction of sp³-hybridized carbons (Fsp3) is 0.409. The highest BCUT2D eigenvalue weighted by Crippen LogP contribution is 2.24. The molecule has 4 heteroatoms. The lowest BCUT2D eigenvalue weighted by atomic mass is 9.87. The van der Waals surface area contributed by atoms with E-state index in [0.717, 1.165) is 11.3 Å². The topological polar surface area (TPSA) is 47.6 Å². The second-order valence-corrected chi connectivity index (χ2v) is 7.51. The Hall–Kier alpha value is -2.49. The third kappa shape index (κ3) is 6.10. The fourth-order valence-corrected chi connectivity index (χ4v) is 2.41. The van der Waals surface area contributed by atoms with Gasteiger partial charge in [0.1, 0.15) is 18.1 Å². The van der Waals surface area contributed by atoms with E-state index in [2.05, 4.69) is 38.2 Å². The SMILES string of the molecule is Cc1ccc(OCC(=O)NCCOc2ccc(C(C)(C)C)cc2)cc1C. The van der Waals surface area contributed by atoms with Crippen molar-refractivity contribution in [3.63, 3.8) is 0 Å². The second kappa shape index (κ2) is 8.75. The lowest BCUT2D eigenvalue weighted by molar-refractivity contribution is -0.123. The molecule has 1 amide bonds. The minimum Gasteiger partial charge on any atom is -0.492 e. The Morgan fingerprint density at radius 3 is 2.19 bits per heavy atom. The van der Waals surface area contributed by atoms with Crippen molar-refractivity contribution in [2.75, 3.05) is 19.8 Å². The van der Waals surface area contributed by atoms with Crippen molar-refractivity contribution in [2.45, 2.75) is 40.0 Å². The standard InChI is InChI=1S/C22H29NO3/c1-16-6-9-20(14-17(16)2)26-15-21(24)23-12-13-25-19-10-7-18(8-11-19)22(3,4)5/h6-11,14H,12-13,15H2,1-5H3,(H,23,24). The quantitative estimate of drug-likeness (QED) is 0.758. The number of carbonyl (C=O) groups excluding carboxylic acids is 1. The monoisotopic (exact) mass is 355 g/mol. The van der Waals surface area contributed by atoms with Crippen LogP contribution in [0.15, 0.2) is 42.5 Å². The summed E-state index contributed by atoms with van der Waals surface area (Å²) in [6, 6.07) is 13.9. The lowest BCUT2D eigenvalue weighted by Crippen LogP contribution is -2.32. The third-order valence-corrected chi connectivity index (χ3v) is 4.26. The number of ether oxygens (including phenoxy) is 2. The number of benzene rings is 2. The predicted octanol–water partition coefficient (Wildman–Crippen LogP) is 4.17. The zero-order valence-electron chi connectivity index (χ0n) is 16.4. The van der Waals surface area contributed by atoms with E-state index in [1.807, 2.05) is 44.2 Å². The largest absolute Gasteiger partial charge is 0.492 e. The Morgan fingerprint density at radius 2 is 1.58 bits per heavy atom. The summed E-state index contributed by atoms with van der Waals surface area (Å²) in [5.74, 6) is 1.35. The van der Waals surface area contributed by atoms with Gasteiger partial charge in [-0.15, -0.1) is 0 Å². The number of rotatable bonds is 7. The average Bonchev–Trinajstić information content (AvgIpc) is 2.59. The van der Waals surface area contributed by atoms with Crippen LogP contribution < -0.4 is 14.8 Å². The van der Waals surface area contributed by atoms with Crippen molar-refractivity contribution >= 4 is 5.91 Å². The Kier molecular flexibility index (Phi) is 6.67. The summed E-state index contributed by atoms with van der Waals surface area (Å²) >= 11 is 0. The second-order valence-electron chi connectivity index (χ2n) is 7.51. The minimum absolute atomic E-state index is 0.00276. The maximum atomic E-state index is 11.8. The molecule has 2 aromatic carbocycles. The Labute approximate surface area is 156 Å². The van der Waals surface area contributed by atoms with Crippen LogP contribution >= 0.6 is 0 Å². The van der Waals surface area contributed by atoms with Crippen LogP contribution in [0.5, 0.6) is 11.5 Å². The molecule has 0 radical (unpaired) electrons. The van der Waals surface area contributed by atoms with Gasteiger partial charge in [-0.2, -0.15) is 0 Å². The van der Waals surface area contributed by atoms with Crippen molar-refractivity contribution in [3.8, 4) is 11.5 Å². The van der Waals surface area contributed by atoms with Crippen molar-refractivity contribution in [1.82, 2.24) is 5.32 Å². The van der Waals surface area contributed by atoms with Crippen LogP contribution in [0, 0.1) is 13.8 Å². The van der Waals surface area contributed by atoms with Gasteiger partial charge in [-0.1, -0.05) is 39.0 Å². The van der Waals surface area contributed by atoms with Crippen LogP contribution in [-0.4, -0.2) is 25.7 Å². The molecule has 26 heavy (non-hydrogen) atoms. The maximum absolute atomic E-state index is 11.8. The molecule has 0 spiro atoms. The van der Waals surface area contributed by atoms with Gasteiger partial charge in [-0.05, 0) is 60.2 Å². The minimum atomic E-state index is -0.157. The van der Waals surface area contributed by atoms with Crippen LogP contribution in [0.25, 0.3) is 0 Å². The molecule has 1 N–H and O–H groups in total. The first-order chi connectivity index (χ1) is 12.3. The van der Waals surface area contributed by atoms with Gasteiger partial charge >= 0.3 is 0 Å². The summed E-state index contributed by atoms with van der Waals surface area (Å²) < 4.78 is 11.2. The summed E-state index contributed by atoms with van der Waals surface area (Å²) in [5.41, 5.74) is 3.74. The Morgan fingerprint density at radius 1 is 0.923 bits per heavy atom. The molecule has 0 aliphatic heterocycles. The molecule has 0 unspecified atom stereocenters. The van der Waals surface area contributed by atoms with Gasteiger partial charge < -0.3 is 14.8 Å². The first-order valence-electron chi connectivity index (χ1n) is 8.96. The Balaban J connectivity index is 1.67. The molecular weight excluding hydrogens is 326 g/mol. The van der Waals surface area contributed by atoms with Gasteiger partial charge in [0, 0.05) is 0 Å². The van der Waals surface area contributed by atoms with E-state index in [-0.39, 0.29) is 17.9 Å². The molecule has 0 atom stereocenters. The van der Waals surface area contributed by atoms with Gasteiger partial charge in [0.2, 0.25) is 0 Å². The van der Waals surface area contributed by atoms with Gasteiger partial charge in [0.15, 0.2) is 6.61 Å². The van der Waals surface area contributed by atoms with Crippen LogP contribution in [0.4, 0.5) is 0 Å². The molecular formula is C22H29NO3. The molecule has 0 bridgehead atoms. The van der Waals surface area contributed by atoms with Crippen molar-refractivity contribution < 1.29 is 14.3 Å². The molecule has 2 aromatic rings. The summed E-state index contributed by atoms with van der Waals surface area (Å²) in [6.07, 6.45) is 0. The maximum Gasteiger partial charge on any atom is 0.258 e. The Bertz CT molecular complexity index is 730. The molecule has 0 aromatic heterocycles. The molecule has 2 rings (SSSR count). The summed E-state index contributed by atoms with van der Waals surface area (Å²) in [6.45, 7) is 11.5. The zero-order chi connectivity index (χ0) is 19.2. The number of hydrogen-bond donors (Lipinski definition) is 1. The molecule has 0 aliphatic rings. The molecule has 0 saturated carbocycles. The van der Waals surface area contributed by atoms with Crippen LogP contribution in [0.2, 0.25) is 0 Å². The van der Waals surface area contributed by atoms with E-state index >= 15 is 0 Å². The van der Waals surface area contributed by atoms with E-state index in [9.17, 15) is 4.79 Å². The van der Waals surface area contributed by atoms with E-state index in [0.29, 0.717) is 18.9 Å². The van der Waals surface area contributed by atoms with E-state index in [1.54, 1.807) is 0 Å². The average molecular weight is 355 g/mol. The molecule has 0 saturated heterocycles. The van der Waals surface area contributed by atoms with Crippen molar-refractivity contribution in [1.29, 1.82) is 0 Å². The summed E-state index contributed by atoms with van der Waals surface area (Å²) in [4.78, 5) is 11.8. The molecule has 4 nitrogen and oxygen atoms in total. The predicted molar refractivity (Wildman–Crippen MR) is 105 cm³/mol. The zero-order valence-corrected chi connectivity index (χ0v) is 16.4. The number of nitrogens with one attached hydrogen (secondary N) is 1. The van der Waals surface area contributed by atoms with Crippen LogP contribution in [-0.2, 0) is 10.2 Å². The van der Waals surface area contributed by atoms with Gasteiger partial charge in [0.05, 0.1) is 6.54 Å². The summed E-state index contributed by atoms with van der Waals surface area (Å²) in [7, 11) is 0.